The van der Waals surface area contributed by atoms with Gasteiger partial charge >= 0.3 is 0 Å². The summed E-state index contributed by atoms with van der Waals surface area (Å²) in [6.45, 7) is 2.69. The highest BCUT2D eigenvalue weighted by Crippen LogP contribution is 2.26. The largest absolute Gasteiger partial charge is 0.384 e. The smallest absolute Gasteiger partial charge is 0.202 e. The number of rotatable bonds is 7. The van der Waals surface area contributed by atoms with Crippen molar-refractivity contribution in [3.05, 3.63) is 39.6 Å². The van der Waals surface area contributed by atoms with E-state index in [2.05, 4.69) is 21.6 Å². The third kappa shape index (κ3) is 4.81. The van der Waals surface area contributed by atoms with E-state index in [0.717, 1.165) is 29.4 Å². The maximum Gasteiger partial charge on any atom is 0.202 e. The summed E-state index contributed by atoms with van der Waals surface area (Å²) in [6, 6.07) is 5.71. The minimum Gasteiger partial charge on any atom is -0.384 e. The number of halogens is 2. The van der Waals surface area contributed by atoms with Gasteiger partial charge in [-0.05, 0) is 31.0 Å². The number of benzene rings is 1. The van der Waals surface area contributed by atoms with Crippen molar-refractivity contribution in [2.24, 2.45) is 0 Å². The summed E-state index contributed by atoms with van der Waals surface area (Å²) in [6.07, 6.45) is 1.45. The molecule has 1 unspecified atom stereocenters. The third-order valence-electron chi connectivity index (χ3n) is 2.94. The SMILES string of the molecule is COCCc1nsc(NC(C)Cc2c(Cl)cccc2Cl)n1. The predicted molar refractivity (Wildman–Crippen MR) is 88.7 cm³/mol. The van der Waals surface area contributed by atoms with Crippen LogP contribution in [-0.4, -0.2) is 29.1 Å². The highest BCUT2D eigenvalue weighted by Gasteiger charge is 2.12. The lowest BCUT2D eigenvalue weighted by atomic mass is 10.1. The van der Waals surface area contributed by atoms with Gasteiger partial charge in [0.25, 0.3) is 0 Å². The molecule has 0 fully saturated rings. The molecule has 0 saturated carbocycles. The van der Waals surface area contributed by atoms with Gasteiger partial charge in [0.15, 0.2) is 0 Å². The molecule has 1 N–H and O–H groups in total. The van der Waals surface area contributed by atoms with Crippen LogP contribution in [0.1, 0.15) is 18.3 Å². The monoisotopic (exact) mass is 345 g/mol. The Bertz CT molecular complexity index is 571. The molecule has 1 aromatic heterocycles. The van der Waals surface area contributed by atoms with Crippen molar-refractivity contribution >= 4 is 39.9 Å². The zero-order valence-corrected chi connectivity index (χ0v) is 14.2. The Morgan fingerprint density at radius 1 is 1.33 bits per heavy atom. The van der Waals surface area contributed by atoms with E-state index in [9.17, 15) is 0 Å². The van der Waals surface area contributed by atoms with Crippen LogP contribution in [0.4, 0.5) is 5.13 Å². The van der Waals surface area contributed by atoms with E-state index >= 15 is 0 Å². The molecule has 2 rings (SSSR count). The average molecular weight is 346 g/mol. The average Bonchev–Trinajstić information content (AvgIpc) is 2.88. The molecule has 0 aliphatic rings. The van der Waals surface area contributed by atoms with Gasteiger partial charge < -0.3 is 10.1 Å². The summed E-state index contributed by atoms with van der Waals surface area (Å²) >= 11 is 13.7. The first-order valence-corrected chi connectivity index (χ1v) is 8.14. The van der Waals surface area contributed by atoms with Crippen LogP contribution >= 0.6 is 34.7 Å². The van der Waals surface area contributed by atoms with Crippen molar-refractivity contribution in [1.82, 2.24) is 9.36 Å². The van der Waals surface area contributed by atoms with Crippen LogP contribution in [0.2, 0.25) is 10.0 Å². The number of methoxy groups -OCH3 is 1. The number of nitrogens with zero attached hydrogens (tertiary/aromatic N) is 2. The van der Waals surface area contributed by atoms with Gasteiger partial charge in [0.05, 0.1) is 6.61 Å². The second-order valence-corrected chi connectivity index (χ2v) is 6.27. The molecule has 114 valence electrons. The Morgan fingerprint density at radius 3 is 2.71 bits per heavy atom. The lowest BCUT2D eigenvalue weighted by molar-refractivity contribution is 0.201. The van der Waals surface area contributed by atoms with Crippen LogP contribution in [0, 0.1) is 0 Å². The zero-order chi connectivity index (χ0) is 15.2. The summed E-state index contributed by atoms with van der Waals surface area (Å²) in [7, 11) is 1.67. The Labute approximate surface area is 138 Å². The molecule has 1 atom stereocenters. The molecule has 7 heteroatoms. The van der Waals surface area contributed by atoms with Crippen molar-refractivity contribution in [3.8, 4) is 0 Å². The zero-order valence-electron chi connectivity index (χ0n) is 11.9. The molecule has 0 spiro atoms. The van der Waals surface area contributed by atoms with Crippen molar-refractivity contribution < 1.29 is 4.74 Å². The molecule has 0 aliphatic heterocycles. The van der Waals surface area contributed by atoms with Gasteiger partial charge in [-0.25, -0.2) is 4.98 Å². The lowest BCUT2D eigenvalue weighted by Crippen LogP contribution is -2.18. The fraction of sp³-hybridized carbons (Fsp3) is 0.429. The van der Waals surface area contributed by atoms with Crippen molar-refractivity contribution in [1.29, 1.82) is 0 Å². The van der Waals surface area contributed by atoms with E-state index in [1.54, 1.807) is 7.11 Å². The van der Waals surface area contributed by atoms with Crippen LogP contribution in [0.15, 0.2) is 18.2 Å². The van der Waals surface area contributed by atoms with E-state index in [0.29, 0.717) is 16.7 Å². The molecule has 0 radical (unpaired) electrons. The third-order valence-corrected chi connectivity index (χ3v) is 4.33. The maximum atomic E-state index is 6.19. The fourth-order valence-electron chi connectivity index (χ4n) is 1.90. The Morgan fingerprint density at radius 2 is 2.05 bits per heavy atom. The van der Waals surface area contributed by atoms with Gasteiger partial charge in [0, 0.05) is 41.2 Å². The minimum absolute atomic E-state index is 0.158. The van der Waals surface area contributed by atoms with E-state index < -0.39 is 0 Å². The normalized spacial score (nSPS) is 12.4. The highest BCUT2D eigenvalue weighted by molar-refractivity contribution is 7.09. The van der Waals surface area contributed by atoms with Crippen molar-refractivity contribution in [3.63, 3.8) is 0 Å². The van der Waals surface area contributed by atoms with E-state index in [1.165, 1.54) is 11.5 Å². The van der Waals surface area contributed by atoms with E-state index in [4.69, 9.17) is 27.9 Å². The number of aromatic nitrogens is 2. The molecule has 4 nitrogen and oxygen atoms in total. The molecular weight excluding hydrogens is 329 g/mol. The Kier molecular flexibility index (Phi) is 6.23. The molecule has 0 bridgehead atoms. The van der Waals surface area contributed by atoms with Gasteiger partial charge in [-0.2, -0.15) is 4.37 Å². The van der Waals surface area contributed by atoms with Crippen LogP contribution in [0.25, 0.3) is 0 Å². The second kappa shape index (κ2) is 7.94. The van der Waals surface area contributed by atoms with E-state index in [-0.39, 0.29) is 6.04 Å². The Hall–Kier alpha value is -0.880. The molecule has 0 saturated heterocycles. The molecule has 0 amide bonds. The number of ether oxygens (including phenoxy) is 1. The van der Waals surface area contributed by atoms with Crippen LogP contribution in [0.3, 0.4) is 0 Å². The molecule has 21 heavy (non-hydrogen) atoms. The van der Waals surface area contributed by atoms with E-state index in [1.807, 2.05) is 18.2 Å². The Balaban J connectivity index is 1.95. The molecule has 1 heterocycles. The summed E-state index contributed by atoms with van der Waals surface area (Å²) in [4.78, 5) is 4.42. The summed E-state index contributed by atoms with van der Waals surface area (Å²) in [5.74, 6) is 0.798. The predicted octanol–water partition coefficient (Wildman–Crippen LogP) is 4.08. The van der Waals surface area contributed by atoms with Gasteiger partial charge in [0.2, 0.25) is 5.13 Å². The minimum atomic E-state index is 0.158. The maximum absolute atomic E-state index is 6.19. The number of anilines is 1. The summed E-state index contributed by atoms with van der Waals surface area (Å²) in [5, 5.41) is 5.51. The first kappa shape index (κ1) is 16.5. The molecule has 2 aromatic rings. The van der Waals surface area contributed by atoms with Crippen LogP contribution in [0.5, 0.6) is 0 Å². The standard InChI is InChI=1S/C14H17Cl2N3OS/c1-9(8-10-11(15)4-3-5-12(10)16)17-14-18-13(19-21-14)6-7-20-2/h3-5,9H,6-8H2,1-2H3,(H,17,18,19). The molecule has 0 aliphatic carbocycles. The topological polar surface area (TPSA) is 47.0 Å². The van der Waals surface area contributed by atoms with Gasteiger partial charge in [0.1, 0.15) is 5.82 Å². The number of hydrogen-bond donors (Lipinski definition) is 1. The second-order valence-electron chi connectivity index (χ2n) is 4.71. The van der Waals surface area contributed by atoms with Crippen molar-refractivity contribution in [2.75, 3.05) is 19.0 Å². The van der Waals surface area contributed by atoms with Crippen molar-refractivity contribution in [2.45, 2.75) is 25.8 Å². The number of hydrogen-bond acceptors (Lipinski definition) is 5. The lowest BCUT2D eigenvalue weighted by Gasteiger charge is -2.14. The molecular formula is C14H17Cl2N3OS. The van der Waals surface area contributed by atoms with Crippen LogP contribution < -0.4 is 5.32 Å². The van der Waals surface area contributed by atoms with Gasteiger partial charge in [-0.15, -0.1) is 0 Å². The first-order chi connectivity index (χ1) is 10.1. The molecule has 1 aromatic carbocycles. The summed E-state index contributed by atoms with van der Waals surface area (Å²) < 4.78 is 9.30. The van der Waals surface area contributed by atoms with Gasteiger partial charge in [-0.1, -0.05) is 29.3 Å². The van der Waals surface area contributed by atoms with Crippen LogP contribution in [-0.2, 0) is 17.6 Å². The summed E-state index contributed by atoms with van der Waals surface area (Å²) in [5.41, 5.74) is 0.949. The quantitative estimate of drug-likeness (QED) is 0.821. The van der Waals surface area contributed by atoms with Gasteiger partial charge in [-0.3, -0.25) is 0 Å². The number of nitrogens with one attached hydrogen (secondary N) is 1. The first-order valence-electron chi connectivity index (χ1n) is 6.61. The highest BCUT2D eigenvalue weighted by atomic mass is 35.5. The fourth-order valence-corrected chi connectivity index (χ4v) is 3.18.